The predicted molar refractivity (Wildman–Crippen MR) is 41.9 cm³/mol. The van der Waals surface area contributed by atoms with E-state index in [0.717, 1.165) is 0 Å². The summed E-state index contributed by atoms with van der Waals surface area (Å²) < 4.78 is 0. The lowest BCUT2D eigenvalue weighted by Gasteiger charge is -1.94. The number of aromatic nitrogens is 2. The molecule has 0 spiro atoms. The molecule has 1 rings (SSSR count). The average molecular weight is 174 g/mol. The first-order chi connectivity index (χ1) is 5.25. The highest BCUT2D eigenvalue weighted by Crippen LogP contribution is 2.10. The Morgan fingerprint density at radius 1 is 1.91 bits per heavy atom. The Hall–Kier alpha value is -0.870. The van der Waals surface area contributed by atoms with Crippen LogP contribution >= 0.6 is 11.6 Å². The second-order valence-electron chi connectivity index (χ2n) is 2.05. The van der Waals surface area contributed by atoms with Gasteiger partial charge in [0, 0.05) is 0 Å². The number of carbonyl (C=O) groups is 1. The van der Waals surface area contributed by atoms with Crippen LogP contribution in [0.1, 0.15) is 10.4 Å². The molecule has 60 valence electrons. The van der Waals surface area contributed by atoms with Crippen molar-refractivity contribution in [3.8, 4) is 0 Å². The Kier molecular flexibility index (Phi) is 2.62. The highest BCUT2D eigenvalue weighted by atomic mass is 35.5. The fourth-order valence-corrected chi connectivity index (χ4v) is 0.924. The van der Waals surface area contributed by atoms with Gasteiger partial charge in [-0.25, -0.2) is 0 Å². The molecule has 4 nitrogen and oxygen atoms in total. The topological polar surface area (TPSA) is 57.8 Å². The number of nitrogens with zero attached hydrogens (tertiary/aromatic N) is 1. The van der Waals surface area contributed by atoms with E-state index in [1.165, 1.54) is 6.20 Å². The van der Waals surface area contributed by atoms with E-state index in [1.807, 2.05) is 0 Å². The van der Waals surface area contributed by atoms with Crippen LogP contribution in [-0.4, -0.2) is 29.6 Å². The minimum Gasteiger partial charge on any atom is -0.313 e. The van der Waals surface area contributed by atoms with E-state index in [0.29, 0.717) is 10.7 Å². The minimum atomic E-state index is -0.0637. The van der Waals surface area contributed by atoms with Crippen molar-refractivity contribution in [1.82, 2.24) is 15.5 Å². The molecule has 0 aliphatic heterocycles. The van der Waals surface area contributed by atoms with Crippen LogP contribution in [0.3, 0.4) is 0 Å². The number of halogens is 1. The fraction of sp³-hybridized carbons (Fsp3) is 0.333. The number of aromatic amines is 1. The zero-order chi connectivity index (χ0) is 8.27. The summed E-state index contributed by atoms with van der Waals surface area (Å²) in [6.07, 6.45) is 1.42. The number of carbonyl (C=O) groups excluding carboxylic acids is 1. The SMILES string of the molecule is CNCC(=O)c1cn[nH]c1Cl. The molecule has 1 aromatic heterocycles. The number of Topliss-reactive ketones (excluding diaryl/α,β-unsaturated/α-hetero) is 1. The van der Waals surface area contributed by atoms with Crippen LogP contribution in [0.15, 0.2) is 6.20 Å². The molecule has 0 bridgehead atoms. The number of hydrogen-bond acceptors (Lipinski definition) is 3. The van der Waals surface area contributed by atoms with Gasteiger partial charge in [0.15, 0.2) is 5.78 Å². The van der Waals surface area contributed by atoms with Crippen molar-refractivity contribution in [2.45, 2.75) is 0 Å². The lowest BCUT2D eigenvalue weighted by atomic mass is 10.2. The Morgan fingerprint density at radius 3 is 3.09 bits per heavy atom. The molecule has 11 heavy (non-hydrogen) atoms. The Balaban J connectivity index is 2.76. The molecular formula is C6H8ClN3O. The fourth-order valence-electron chi connectivity index (χ4n) is 0.721. The first-order valence-corrected chi connectivity index (χ1v) is 3.50. The highest BCUT2D eigenvalue weighted by molar-refractivity contribution is 6.32. The van der Waals surface area contributed by atoms with Crippen LogP contribution in [0.25, 0.3) is 0 Å². The Bertz CT molecular complexity index is 258. The van der Waals surface area contributed by atoms with Gasteiger partial charge in [-0.3, -0.25) is 9.89 Å². The van der Waals surface area contributed by atoms with Gasteiger partial charge in [0.25, 0.3) is 0 Å². The molecule has 0 saturated heterocycles. The van der Waals surface area contributed by atoms with E-state index in [9.17, 15) is 4.79 Å². The van der Waals surface area contributed by atoms with Crippen LogP contribution in [0.2, 0.25) is 5.15 Å². The maximum Gasteiger partial charge on any atom is 0.181 e. The number of nitrogens with one attached hydrogen (secondary N) is 2. The summed E-state index contributed by atoms with van der Waals surface area (Å²) in [5.41, 5.74) is 0.431. The second-order valence-corrected chi connectivity index (χ2v) is 2.43. The van der Waals surface area contributed by atoms with Gasteiger partial charge in [-0.05, 0) is 7.05 Å². The first kappa shape index (κ1) is 8.23. The van der Waals surface area contributed by atoms with E-state index in [4.69, 9.17) is 11.6 Å². The molecule has 0 aliphatic rings. The van der Waals surface area contributed by atoms with Crippen molar-refractivity contribution in [3.05, 3.63) is 16.9 Å². The van der Waals surface area contributed by atoms with E-state index < -0.39 is 0 Å². The number of hydrogen-bond donors (Lipinski definition) is 2. The summed E-state index contributed by atoms with van der Waals surface area (Å²) in [4.78, 5) is 11.1. The molecule has 0 radical (unpaired) electrons. The third-order valence-electron chi connectivity index (χ3n) is 1.23. The van der Waals surface area contributed by atoms with Crippen molar-refractivity contribution < 1.29 is 4.79 Å². The van der Waals surface area contributed by atoms with Crippen molar-refractivity contribution >= 4 is 17.4 Å². The van der Waals surface area contributed by atoms with E-state index in [2.05, 4.69) is 15.5 Å². The van der Waals surface area contributed by atoms with E-state index >= 15 is 0 Å². The van der Waals surface area contributed by atoms with Gasteiger partial charge in [-0.1, -0.05) is 11.6 Å². The van der Waals surface area contributed by atoms with Gasteiger partial charge in [-0.15, -0.1) is 0 Å². The van der Waals surface area contributed by atoms with E-state index in [-0.39, 0.29) is 12.3 Å². The third kappa shape index (κ3) is 1.78. The maximum atomic E-state index is 11.1. The Morgan fingerprint density at radius 2 is 2.64 bits per heavy atom. The van der Waals surface area contributed by atoms with Gasteiger partial charge in [0.05, 0.1) is 18.3 Å². The summed E-state index contributed by atoms with van der Waals surface area (Å²) >= 11 is 5.60. The lowest BCUT2D eigenvalue weighted by Crippen LogP contribution is -2.18. The predicted octanol–water partition coefficient (Wildman–Crippen LogP) is 0.465. The van der Waals surface area contributed by atoms with E-state index in [1.54, 1.807) is 7.05 Å². The van der Waals surface area contributed by atoms with Crippen molar-refractivity contribution in [1.29, 1.82) is 0 Å². The molecule has 0 aliphatic carbocycles. The largest absolute Gasteiger partial charge is 0.313 e. The number of rotatable bonds is 3. The summed E-state index contributed by atoms with van der Waals surface area (Å²) in [6.45, 7) is 0.277. The zero-order valence-electron chi connectivity index (χ0n) is 6.02. The van der Waals surface area contributed by atoms with Crippen molar-refractivity contribution in [2.75, 3.05) is 13.6 Å². The molecule has 0 unspecified atom stereocenters. The summed E-state index contributed by atoms with van der Waals surface area (Å²) in [6, 6.07) is 0. The molecule has 0 atom stereocenters. The zero-order valence-corrected chi connectivity index (χ0v) is 6.77. The molecule has 0 fully saturated rings. The van der Waals surface area contributed by atoms with Gasteiger partial charge in [0.1, 0.15) is 5.15 Å². The van der Waals surface area contributed by atoms with Crippen LogP contribution in [-0.2, 0) is 0 Å². The molecule has 0 aromatic carbocycles. The Labute approximate surface area is 68.9 Å². The smallest absolute Gasteiger partial charge is 0.181 e. The second kappa shape index (κ2) is 3.50. The van der Waals surface area contributed by atoms with Gasteiger partial charge in [-0.2, -0.15) is 5.10 Å². The normalized spacial score (nSPS) is 10.0. The van der Waals surface area contributed by atoms with Gasteiger partial charge >= 0.3 is 0 Å². The molecule has 2 N–H and O–H groups in total. The highest BCUT2D eigenvalue weighted by Gasteiger charge is 2.10. The summed E-state index contributed by atoms with van der Waals surface area (Å²) in [7, 11) is 1.70. The number of likely N-dealkylation sites (N-methyl/N-ethyl adjacent to an activating group) is 1. The maximum absolute atomic E-state index is 11.1. The first-order valence-electron chi connectivity index (χ1n) is 3.12. The van der Waals surface area contributed by atoms with Crippen molar-refractivity contribution in [2.24, 2.45) is 0 Å². The molecular weight excluding hydrogens is 166 g/mol. The molecule has 1 heterocycles. The number of H-pyrrole nitrogens is 1. The monoisotopic (exact) mass is 173 g/mol. The molecule has 1 aromatic rings. The molecule has 5 heteroatoms. The molecule has 0 amide bonds. The average Bonchev–Trinajstić information content (AvgIpc) is 2.36. The van der Waals surface area contributed by atoms with Crippen LogP contribution in [0, 0.1) is 0 Å². The van der Waals surface area contributed by atoms with Crippen LogP contribution in [0.5, 0.6) is 0 Å². The third-order valence-corrected chi connectivity index (χ3v) is 1.52. The summed E-state index contributed by atoms with van der Waals surface area (Å²) in [5.74, 6) is -0.0637. The van der Waals surface area contributed by atoms with Gasteiger partial charge < -0.3 is 5.32 Å². The van der Waals surface area contributed by atoms with Crippen molar-refractivity contribution in [3.63, 3.8) is 0 Å². The van der Waals surface area contributed by atoms with Crippen LogP contribution < -0.4 is 5.32 Å². The summed E-state index contributed by atoms with van der Waals surface area (Å²) in [5, 5.41) is 9.12. The minimum absolute atomic E-state index is 0.0637. The van der Waals surface area contributed by atoms with Crippen LogP contribution in [0.4, 0.5) is 0 Å². The number of ketones is 1. The lowest BCUT2D eigenvalue weighted by molar-refractivity contribution is 0.0994. The molecule has 0 saturated carbocycles. The van der Waals surface area contributed by atoms with Gasteiger partial charge in [0.2, 0.25) is 0 Å². The quantitative estimate of drug-likeness (QED) is 0.654. The standard InChI is InChI=1S/C6H8ClN3O/c1-8-3-5(11)4-2-9-10-6(4)7/h2,8H,3H2,1H3,(H,9,10).